The summed E-state index contributed by atoms with van der Waals surface area (Å²) < 4.78 is 5.55. The van der Waals surface area contributed by atoms with E-state index in [1.165, 1.54) is 53.7 Å². The van der Waals surface area contributed by atoms with Gasteiger partial charge in [0.1, 0.15) is 5.75 Å². The van der Waals surface area contributed by atoms with Crippen molar-refractivity contribution in [3.8, 4) is 16.9 Å². The normalized spacial score (nSPS) is 16.2. The number of piperazine rings is 1. The van der Waals surface area contributed by atoms with Gasteiger partial charge in [0.25, 0.3) is 0 Å². The zero-order valence-corrected chi connectivity index (χ0v) is 18.5. The Morgan fingerprint density at radius 3 is 2.03 bits per heavy atom. The van der Waals surface area contributed by atoms with Crippen molar-refractivity contribution in [3.05, 3.63) is 83.9 Å². The summed E-state index contributed by atoms with van der Waals surface area (Å²) in [5.74, 6) is 1.54. The highest BCUT2D eigenvalue weighted by Crippen LogP contribution is 2.46. The average Bonchev–Trinajstić information content (AvgIpc) is 3.16. The number of ether oxygens (including phenoxy) is 1. The first-order valence-electron chi connectivity index (χ1n) is 11.6. The molecule has 5 rings (SSSR count). The van der Waals surface area contributed by atoms with Gasteiger partial charge < -0.3 is 9.64 Å². The monoisotopic (exact) mass is 412 g/mol. The maximum atomic E-state index is 5.55. The minimum Gasteiger partial charge on any atom is -0.495 e. The molecule has 1 aliphatic heterocycles. The number of fused-ring (bicyclic) bond motifs is 3. The van der Waals surface area contributed by atoms with Crippen LogP contribution in [0, 0.1) is 0 Å². The Morgan fingerprint density at radius 2 is 1.35 bits per heavy atom. The molecule has 1 fully saturated rings. The standard InChI is InChI=1S/C28H32N2O/c1-31-28-16-7-6-15-27(28)30-20-18-29(19-21-30)17-9-8-14-26-24-12-4-2-10-22(24)23-11-3-5-13-25(23)26/h2-7,10-13,15-16,26H,8-9,14,17-21H2,1H3. The SMILES string of the molecule is COc1ccccc1N1CCN(CCCCC2c3ccccc3-c3ccccc32)CC1. The van der Waals surface area contributed by atoms with E-state index >= 15 is 0 Å². The number of methoxy groups -OCH3 is 1. The van der Waals surface area contributed by atoms with E-state index in [1.807, 2.05) is 6.07 Å². The molecule has 3 heteroatoms. The minimum absolute atomic E-state index is 0.565. The number of rotatable bonds is 7. The minimum atomic E-state index is 0.565. The van der Waals surface area contributed by atoms with Gasteiger partial charge in [-0.15, -0.1) is 0 Å². The van der Waals surface area contributed by atoms with Crippen LogP contribution in [0.3, 0.4) is 0 Å². The summed E-state index contributed by atoms with van der Waals surface area (Å²) in [6.07, 6.45) is 3.80. The Bertz CT molecular complexity index is 977. The number of hydrogen-bond donors (Lipinski definition) is 0. The predicted molar refractivity (Wildman–Crippen MR) is 129 cm³/mol. The number of benzene rings is 3. The number of nitrogens with zero attached hydrogens (tertiary/aromatic N) is 2. The van der Waals surface area contributed by atoms with Crippen molar-refractivity contribution >= 4 is 5.69 Å². The molecular formula is C28H32N2O. The molecule has 31 heavy (non-hydrogen) atoms. The molecule has 3 aromatic rings. The number of unbranched alkanes of at least 4 members (excludes halogenated alkanes) is 1. The Balaban J connectivity index is 1.12. The summed E-state index contributed by atoms with van der Waals surface area (Å²) in [6.45, 7) is 5.61. The van der Waals surface area contributed by atoms with E-state index in [-0.39, 0.29) is 0 Å². The fraction of sp³-hybridized carbons (Fsp3) is 0.357. The topological polar surface area (TPSA) is 15.7 Å². The lowest BCUT2D eigenvalue weighted by molar-refractivity contribution is 0.251. The molecular weight excluding hydrogens is 380 g/mol. The average molecular weight is 413 g/mol. The molecule has 1 aliphatic carbocycles. The van der Waals surface area contributed by atoms with Crippen molar-refractivity contribution in [2.75, 3.05) is 44.7 Å². The van der Waals surface area contributed by atoms with E-state index in [4.69, 9.17) is 4.74 Å². The van der Waals surface area contributed by atoms with Crippen molar-refractivity contribution in [1.29, 1.82) is 0 Å². The molecule has 0 saturated carbocycles. The van der Waals surface area contributed by atoms with Gasteiger partial charge in [0, 0.05) is 32.1 Å². The van der Waals surface area contributed by atoms with Crippen LogP contribution in [0.4, 0.5) is 5.69 Å². The van der Waals surface area contributed by atoms with Gasteiger partial charge in [0.15, 0.2) is 0 Å². The first-order valence-corrected chi connectivity index (χ1v) is 11.6. The Kier molecular flexibility index (Phi) is 5.95. The molecule has 0 spiro atoms. The maximum absolute atomic E-state index is 5.55. The molecule has 3 aromatic carbocycles. The fourth-order valence-electron chi connectivity index (χ4n) is 5.36. The van der Waals surface area contributed by atoms with Crippen LogP contribution in [0.2, 0.25) is 0 Å². The number of anilines is 1. The lowest BCUT2D eigenvalue weighted by Gasteiger charge is -2.36. The summed E-state index contributed by atoms with van der Waals surface area (Å²) in [5, 5.41) is 0. The largest absolute Gasteiger partial charge is 0.495 e. The third kappa shape index (κ3) is 4.07. The van der Waals surface area contributed by atoms with Crippen molar-refractivity contribution in [1.82, 2.24) is 4.90 Å². The zero-order chi connectivity index (χ0) is 21.0. The van der Waals surface area contributed by atoms with Crippen molar-refractivity contribution in [2.24, 2.45) is 0 Å². The highest BCUT2D eigenvalue weighted by atomic mass is 16.5. The van der Waals surface area contributed by atoms with E-state index in [0.29, 0.717) is 5.92 Å². The van der Waals surface area contributed by atoms with Crippen LogP contribution in [-0.4, -0.2) is 44.7 Å². The van der Waals surface area contributed by atoms with Gasteiger partial charge in [-0.1, -0.05) is 67.1 Å². The molecule has 0 N–H and O–H groups in total. The van der Waals surface area contributed by atoms with Gasteiger partial charge in [0.2, 0.25) is 0 Å². The second-order valence-corrected chi connectivity index (χ2v) is 8.72. The van der Waals surface area contributed by atoms with Crippen molar-refractivity contribution in [3.63, 3.8) is 0 Å². The van der Waals surface area contributed by atoms with Crippen LogP contribution in [0.1, 0.15) is 36.3 Å². The molecule has 160 valence electrons. The maximum Gasteiger partial charge on any atom is 0.142 e. The van der Waals surface area contributed by atoms with Gasteiger partial charge in [-0.25, -0.2) is 0 Å². The molecule has 0 aromatic heterocycles. The second kappa shape index (κ2) is 9.15. The Labute approximate surface area is 186 Å². The van der Waals surface area contributed by atoms with Crippen molar-refractivity contribution < 1.29 is 4.74 Å². The van der Waals surface area contributed by atoms with Crippen LogP contribution in [-0.2, 0) is 0 Å². The Hall–Kier alpha value is -2.78. The highest BCUT2D eigenvalue weighted by Gasteiger charge is 2.27. The molecule has 0 radical (unpaired) electrons. The lowest BCUT2D eigenvalue weighted by atomic mass is 9.91. The van der Waals surface area contributed by atoms with Gasteiger partial charge in [-0.2, -0.15) is 0 Å². The van der Waals surface area contributed by atoms with E-state index in [9.17, 15) is 0 Å². The summed E-state index contributed by atoms with van der Waals surface area (Å²) >= 11 is 0. The third-order valence-corrected chi connectivity index (χ3v) is 6.98. The first-order chi connectivity index (χ1) is 15.3. The van der Waals surface area contributed by atoms with E-state index < -0.39 is 0 Å². The molecule has 0 amide bonds. The highest BCUT2D eigenvalue weighted by molar-refractivity contribution is 5.78. The van der Waals surface area contributed by atoms with Gasteiger partial charge in [0.05, 0.1) is 12.8 Å². The van der Waals surface area contributed by atoms with Crippen LogP contribution < -0.4 is 9.64 Å². The van der Waals surface area contributed by atoms with Crippen LogP contribution >= 0.6 is 0 Å². The van der Waals surface area contributed by atoms with Gasteiger partial charge in [-0.3, -0.25) is 4.90 Å². The van der Waals surface area contributed by atoms with E-state index in [1.54, 1.807) is 7.11 Å². The predicted octanol–water partition coefficient (Wildman–Crippen LogP) is 5.80. The number of hydrogen-bond acceptors (Lipinski definition) is 3. The number of para-hydroxylation sites is 2. The molecule has 1 saturated heterocycles. The smallest absolute Gasteiger partial charge is 0.142 e. The summed E-state index contributed by atoms with van der Waals surface area (Å²) in [7, 11) is 1.76. The summed E-state index contributed by atoms with van der Waals surface area (Å²) in [5.41, 5.74) is 7.15. The molecule has 1 heterocycles. The van der Waals surface area contributed by atoms with Gasteiger partial charge >= 0.3 is 0 Å². The van der Waals surface area contributed by atoms with E-state index in [2.05, 4.69) is 76.5 Å². The molecule has 0 atom stereocenters. The lowest BCUT2D eigenvalue weighted by Crippen LogP contribution is -2.46. The quantitative estimate of drug-likeness (QED) is 0.456. The molecule has 0 unspecified atom stereocenters. The van der Waals surface area contributed by atoms with Crippen LogP contribution in [0.5, 0.6) is 5.75 Å². The van der Waals surface area contributed by atoms with Gasteiger partial charge in [-0.05, 0) is 53.8 Å². The third-order valence-electron chi connectivity index (χ3n) is 6.98. The molecule has 0 bridgehead atoms. The first kappa shape index (κ1) is 20.1. The van der Waals surface area contributed by atoms with Crippen LogP contribution in [0.15, 0.2) is 72.8 Å². The van der Waals surface area contributed by atoms with Crippen LogP contribution in [0.25, 0.3) is 11.1 Å². The van der Waals surface area contributed by atoms with Crippen molar-refractivity contribution in [2.45, 2.75) is 25.2 Å². The Morgan fingerprint density at radius 1 is 0.742 bits per heavy atom. The zero-order valence-electron chi connectivity index (χ0n) is 18.5. The summed E-state index contributed by atoms with van der Waals surface area (Å²) in [6, 6.07) is 26.3. The fourth-order valence-corrected chi connectivity index (χ4v) is 5.36. The van der Waals surface area contributed by atoms with E-state index in [0.717, 1.165) is 31.9 Å². The molecule has 3 nitrogen and oxygen atoms in total. The molecule has 2 aliphatic rings. The summed E-state index contributed by atoms with van der Waals surface area (Å²) in [4.78, 5) is 5.09. The second-order valence-electron chi connectivity index (χ2n) is 8.72.